The molecule has 3 rings (SSSR count). The Hall–Kier alpha value is -2.66. The highest BCUT2D eigenvalue weighted by Gasteiger charge is 2.09. The monoisotopic (exact) mass is 399 g/mol. The highest BCUT2D eigenvalue weighted by atomic mass is 79.9. The molecule has 0 heterocycles. The van der Waals surface area contributed by atoms with Crippen molar-refractivity contribution in [1.82, 2.24) is 0 Å². The molecule has 0 atom stereocenters. The van der Waals surface area contributed by atoms with E-state index in [2.05, 4.69) is 21.2 Å². The van der Waals surface area contributed by atoms with Crippen molar-refractivity contribution in [3.63, 3.8) is 0 Å². The normalized spacial score (nSPS) is 10.3. The van der Waals surface area contributed by atoms with Gasteiger partial charge in [-0.25, -0.2) is 0 Å². The van der Waals surface area contributed by atoms with Crippen LogP contribution in [0.5, 0.6) is 23.0 Å². The summed E-state index contributed by atoms with van der Waals surface area (Å²) in [5.41, 5.74) is 1.68. The standard InChI is InChI=1S/C20H18BrNO3/c1-24-19-12-15(21)11-14(20(19)23)13-22-16-7-9-18(10-8-16)25-17-5-3-2-4-6-17/h2-12,22-23H,13H2,1H3. The third-order valence-corrected chi connectivity index (χ3v) is 4.11. The Morgan fingerprint density at radius 3 is 2.32 bits per heavy atom. The Morgan fingerprint density at radius 2 is 1.64 bits per heavy atom. The smallest absolute Gasteiger partial charge is 0.162 e. The van der Waals surface area contributed by atoms with E-state index < -0.39 is 0 Å². The third kappa shape index (κ3) is 4.45. The Labute approximate surface area is 155 Å². The van der Waals surface area contributed by atoms with Gasteiger partial charge in [0.25, 0.3) is 0 Å². The van der Waals surface area contributed by atoms with Crippen molar-refractivity contribution in [2.24, 2.45) is 0 Å². The van der Waals surface area contributed by atoms with Crippen LogP contribution in [0.15, 0.2) is 71.2 Å². The lowest BCUT2D eigenvalue weighted by atomic mass is 10.1. The first-order valence-corrected chi connectivity index (χ1v) is 8.57. The van der Waals surface area contributed by atoms with E-state index in [1.54, 1.807) is 6.07 Å². The molecule has 5 heteroatoms. The number of ether oxygens (including phenoxy) is 2. The molecule has 0 aliphatic rings. The van der Waals surface area contributed by atoms with E-state index in [1.165, 1.54) is 7.11 Å². The molecule has 3 aromatic carbocycles. The lowest BCUT2D eigenvalue weighted by molar-refractivity contribution is 0.370. The fourth-order valence-corrected chi connectivity index (χ4v) is 2.87. The number of phenols is 1. The number of para-hydroxylation sites is 1. The lowest BCUT2D eigenvalue weighted by Crippen LogP contribution is -2.00. The summed E-state index contributed by atoms with van der Waals surface area (Å²) in [7, 11) is 1.53. The maximum absolute atomic E-state index is 10.2. The molecule has 0 saturated heterocycles. The van der Waals surface area contributed by atoms with Gasteiger partial charge in [-0.1, -0.05) is 34.1 Å². The third-order valence-electron chi connectivity index (χ3n) is 3.65. The SMILES string of the molecule is COc1cc(Br)cc(CNc2ccc(Oc3ccccc3)cc2)c1O. The van der Waals surface area contributed by atoms with Crippen LogP contribution in [0.25, 0.3) is 0 Å². The van der Waals surface area contributed by atoms with Gasteiger partial charge in [-0.3, -0.25) is 0 Å². The fraction of sp³-hybridized carbons (Fsp3) is 0.100. The van der Waals surface area contributed by atoms with E-state index in [4.69, 9.17) is 9.47 Å². The molecule has 4 nitrogen and oxygen atoms in total. The Morgan fingerprint density at radius 1 is 0.960 bits per heavy atom. The van der Waals surface area contributed by atoms with E-state index in [1.807, 2.05) is 60.7 Å². The van der Waals surface area contributed by atoms with Crippen LogP contribution in [0.2, 0.25) is 0 Å². The van der Waals surface area contributed by atoms with Crippen molar-refractivity contribution in [3.05, 3.63) is 76.8 Å². The second-order valence-electron chi connectivity index (χ2n) is 5.41. The average Bonchev–Trinajstić information content (AvgIpc) is 2.64. The molecule has 0 aliphatic carbocycles. The highest BCUT2D eigenvalue weighted by Crippen LogP contribution is 2.34. The Bertz CT molecular complexity index is 836. The van der Waals surface area contributed by atoms with Gasteiger partial charge in [-0.2, -0.15) is 0 Å². The number of methoxy groups -OCH3 is 1. The van der Waals surface area contributed by atoms with E-state index >= 15 is 0 Å². The van der Waals surface area contributed by atoms with Gasteiger partial charge in [0.1, 0.15) is 11.5 Å². The van der Waals surface area contributed by atoms with Crippen molar-refractivity contribution < 1.29 is 14.6 Å². The largest absolute Gasteiger partial charge is 0.504 e. The summed E-state index contributed by atoms with van der Waals surface area (Å²) in [5.74, 6) is 2.15. The van der Waals surface area contributed by atoms with Gasteiger partial charge in [0.15, 0.2) is 11.5 Å². The summed E-state index contributed by atoms with van der Waals surface area (Å²) in [6.07, 6.45) is 0. The molecule has 0 aromatic heterocycles. The molecule has 128 valence electrons. The van der Waals surface area contributed by atoms with Crippen LogP contribution in [-0.2, 0) is 6.54 Å². The van der Waals surface area contributed by atoms with Crippen LogP contribution < -0.4 is 14.8 Å². The maximum Gasteiger partial charge on any atom is 0.162 e. The topological polar surface area (TPSA) is 50.7 Å². The summed E-state index contributed by atoms with van der Waals surface area (Å²) in [4.78, 5) is 0. The molecule has 0 bridgehead atoms. The van der Waals surface area contributed by atoms with Crippen molar-refractivity contribution in [1.29, 1.82) is 0 Å². The number of hydrogen-bond donors (Lipinski definition) is 2. The van der Waals surface area contributed by atoms with Crippen LogP contribution in [0.4, 0.5) is 5.69 Å². The van der Waals surface area contributed by atoms with Gasteiger partial charge >= 0.3 is 0 Å². The summed E-state index contributed by atoms with van der Waals surface area (Å²) in [6.45, 7) is 0.473. The summed E-state index contributed by atoms with van der Waals surface area (Å²) in [5, 5.41) is 13.5. The number of phenolic OH excluding ortho intramolecular Hbond substituents is 1. The van der Waals surface area contributed by atoms with Gasteiger partial charge in [0, 0.05) is 22.3 Å². The van der Waals surface area contributed by atoms with Crippen LogP contribution in [0, 0.1) is 0 Å². The molecule has 0 fully saturated rings. The van der Waals surface area contributed by atoms with Crippen LogP contribution in [-0.4, -0.2) is 12.2 Å². The number of halogens is 1. The summed E-state index contributed by atoms with van der Waals surface area (Å²) in [6, 6.07) is 20.9. The van der Waals surface area contributed by atoms with Gasteiger partial charge in [-0.05, 0) is 48.5 Å². The highest BCUT2D eigenvalue weighted by molar-refractivity contribution is 9.10. The molecule has 0 aliphatic heterocycles. The average molecular weight is 400 g/mol. The molecule has 3 aromatic rings. The number of anilines is 1. The van der Waals surface area contributed by atoms with E-state index in [0.29, 0.717) is 12.3 Å². The second kappa shape index (κ2) is 7.94. The van der Waals surface area contributed by atoms with Crippen molar-refractivity contribution in [2.45, 2.75) is 6.54 Å². The fourth-order valence-electron chi connectivity index (χ4n) is 2.38. The van der Waals surface area contributed by atoms with Crippen molar-refractivity contribution >= 4 is 21.6 Å². The zero-order valence-corrected chi connectivity index (χ0v) is 15.3. The molecular formula is C20H18BrNO3. The first kappa shape index (κ1) is 17.2. The van der Waals surface area contributed by atoms with Gasteiger partial charge < -0.3 is 19.9 Å². The first-order chi connectivity index (χ1) is 12.2. The van der Waals surface area contributed by atoms with E-state index in [-0.39, 0.29) is 5.75 Å². The van der Waals surface area contributed by atoms with Crippen molar-refractivity contribution in [2.75, 3.05) is 12.4 Å². The second-order valence-corrected chi connectivity index (χ2v) is 6.32. The molecule has 0 radical (unpaired) electrons. The Balaban J connectivity index is 1.65. The number of rotatable bonds is 6. The number of hydrogen-bond acceptors (Lipinski definition) is 4. The lowest BCUT2D eigenvalue weighted by Gasteiger charge is -2.12. The molecule has 0 spiro atoms. The van der Waals surface area contributed by atoms with Gasteiger partial charge in [0.2, 0.25) is 0 Å². The van der Waals surface area contributed by atoms with Crippen LogP contribution >= 0.6 is 15.9 Å². The van der Waals surface area contributed by atoms with E-state index in [0.717, 1.165) is 27.2 Å². The predicted octanol–water partition coefficient (Wildman–Crippen LogP) is 5.57. The minimum atomic E-state index is 0.141. The number of nitrogens with one attached hydrogen (secondary N) is 1. The minimum absolute atomic E-state index is 0.141. The summed E-state index contributed by atoms with van der Waals surface area (Å²) >= 11 is 3.42. The van der Waals surface area contributed by atoms with Crippen LogP contribution in [0.3, 0.4) is 0 Å². The van der Waals surface area contributed by atoms with Gasteiger partial charge in [0.05, 0.1) is 7.11 Å². The maximum atomic E-state index is 10.2. The van der Waals surface area contributed by atoms with Crippen LogP contribution in [0.1, 0.15) is 5.56 Å². The molecule has 0 unspecified atom stereocenters. The number of benzene rings is 3. The minimum Gasteiger partial charge on any atom is -0.504 e. The van der Waals surface area contributed by atoms with Gasteiger partial charge in [-0.15, -0.1) is 0 Å². The molecule has 0 saturated carbocycles. The predicted molar refractivity (Wildman–Crippen MR) is 103 cm³/mol. The molecule has 0 amide bonds. The first-order valence-electron chi connectivity index (χ1n) is 7.78. The number of aromatic hydroxyl groups is 1. The molecular weight excluding hydrogens is 382 g/mol. The molecule has 25 heavy (non-hydrogen) atoms. The zero-order valence-electron chi connectivity index (χ0n) is 13.7. The quantitative estimate of drug-likeness (QED) is 0.568. The summed E-state index contributed by atoms with van der Waals surface area (Å²) < 4.78 is 11.8. The van der Waals surface area contributed by atoms with Crippen molar-refractivity contribution in [3.8, 4) is 23.0 Å². The zero-order chi connectivity index (χ0) is 17.6. The Kier molecular flexibility index (Phi) is 5.46. The van der Waals surface area contributed by atoms with E-state index in [9.17, 15) is 5.11 Å². The molecule has 2 N–H and O–H groups in total.